The van der Waals surface area contributed by atoms with Gasteiger partial charge in [0, 0.05) is 12.1 Å². The van der Waals surface area contributed by atoms with Gasteiger partial charge in [-0.05, 0) is 43.5 Å². The Morgan fingerprint density at radius 2 is 1.83 bits per heavy atom. The van der Waals surface area contributed by atoms with Gasteiger partial charge < -0.3 is 20.3 Å². The van der Waals surface area contributed by atoms with Gasteiger partial charge in [0.1, 0.15) is 11.8 Å². The summed E-state index contributed by atoms with van der Waals surface area (Å²) < 4.78 is 26.6. The molecule has 1 aromatic rings. The maximum absolute atomic E-state index is 11.9. The van der Waals surface area contributed by atoms with Gasteiger partial charge in [-0.15, -0.1) is 12.4 Å². The van der Waals surface area contributed by atoms with Crippen LogP contribution in [0.4, 0.5) is 0 Å². The summed E-state index contributed by atoms with van der Waals surface area (Å²) in [6.45, 7) is 0.396. The van der Waals surface area contributed by atoms with Crippen LogP contribution in [0.15, 0.2) is 24.3 Å². The average Bonchev–Trinajstić information content (AvgIpc) is 2.45. The van der Waals surface area contributed by atoms with E-state index in [4.69, 9.17) is 10.8 Å². The normalized spacial score (nSPS) is 11.9. The van der Waals surface area contributed by atoms with Crippen LogP contribution in [0.5, 0.6) is 5.75 Å². The van der Waals surface area contributed by atoms with E-state index in [-0.39, 0.29) is 24.1 Å². The van der Waals surface area contributed by atoms with Crippen molar-refractivity contribution in [3.8, 4) is 5.75 Å². The molecule has 8 nitrogen and oxygen atoms in total. The Morgan fingerprint density at radius 3 is 2.33 bits per heavy atom. The van der Waals surface area contributed by atoms with E-state index in [0.29, 0.717) is 31.4 Å². The molecule has 0 radical (unpaired) electrons. The molecule has 0 bridgehead atoms. The Balaban J connectivity index is 0.00000529. The molecule has 1 atom stereocenters. The van der Waals surface area contributed by atoms with Gasteiger partial charge in [-0.25, -0.2) is 0 Å². The fourth-order valence-corrected chi connectivity index (χ4v) is 2.21. The summed E-state index contributed by atoms with van der Waals surface area (Å²) in [5, 5.41) is 11.3. The number of carboxylic acids is 1. The summed E-state index contributed by atoms with van der Waals surface area (Å²) in [4.78, 5) is 22.4. The van der Waals surface area contributed by atoms with Crippen LogP contribution in [-0.2, 0) is 14.9 Å². The van der Waals surface area contributed by atoms with Gasteiger partial charge in [-0.1, -0.05) is 0 Å². The molecule has 1 rings (SSSR count). The highest BCUT2D eigenvalue weighted by Gasteiger charge is 2.11. The molecule has 0 heterocycles. The first kappa shape index (κ1) is 22.2. The molecule has 0 fully saturated rings. The van der Waals surface area contributed by atoms with Gasteiger partial charge in [0.2, 0.25) is 0 Å². The molecular formula is C14H21ClN2O6S. The minimum absolute atomic E-state index is 0. The highest BCUT2D eigenvalue weighted by atomic mass is 35.5. The summed E-state index contributed by atoms with van der Waals surface area (Å²) in [6, 6.07) is 4.81. The van der Waals surface area contributed by atoms with Crippen LogP contribution in [0.25, 0.3) is 0 Å². The minimum Gasteiger partial charge on any atom is -0.480 e. The largest absolute Gasteiger partial charge is 0.480 e. The third-order valence-electron chi connectivity index (χ3n) is 2.91. The summed E-state index contributed by atoms with van der Waals surface area (Å²) >= 11 is 0. The van der Waals surface area contributed by atoms with Crippen molar-refractivity contribution in [2.75, 3.05) is 12.8 Å². The molecule has 0 saturated carbocycles. The maximum Gasteiger partial charge on any atom is 0.320 e. The standard InChI is InChI=1S/C14H20N2O6S.ClH/c1-23(20,21)22-11-7-5-10(6-8-11)13(17)16-9-3-2-4-12(15)14(18)19;/h5-8,12H,2-4,9,15H2,1H3,(H,16,17)(H,18,19);1H/t12-;/m0./s1. The lowest BCUT2D eigenvalue weighted by molar-refractivity contribution is -0.138. The summed E-state index contributed by atoms with van der Waals surface area (Å²) in [7, 11) is -3.60. The monoisotopic (exact) mass is 380 g/mol. The number of hydrogen-bond acceptors (Lipinski definition) is 6. The summed E-state index contributed by atoms with van der Waals surface area (Å²) in [6.07, 6.45) is 2.49. The third kappa shape index (κ3) is 8.70. The lowest BCUT2D eigenvalue weighted by Gasteiger charge is -2.08. The molecule has 1 aromatic carbocycles. The second-order valence-electron chi connectivity index (χ2n) is 5.01. The SMILES string of the molecule is CS(=O)(=O)Oc1ccc(C(=O)NCCCC[C@H](N)C(=O)O)cc1.Cl. The highest BCUT2D eigenvalue weighted by molar-refractivity contribution is 7.86. The molecule has 10 heteroatoms. The van der Waals surface area contributed by atoms with Crippen molar-refractivity contribution in [3.05, 3.63) is 29.8 Å². The number of benzene rings is 1. The Bertz CT molecular complexity index is 648. The van der Waals surface area contributed by atoms with Crippen LogP contribution in [0.1, 0.15) is 29.6 Å². The van der Waals surface area contributed by atoms with Crippen molar-refractivity contribution < 1.29 is 27.3 Å². The second-order valence-corrected chi connectivity index (χ2v) is 6.58. The molecule has 0 aliphatic heterocycles. The van der Waals surface area contributed by atoms with Gasteiger partial charge in [-0.2, -0.15) is 8.42 Å². The van der Waals surface area contributed by atoms with Crippen LogP contribution in [0.3, 0.4) is 0 Å². The Kier molecular flexibility index (Phi) is 9.34. The van der Waals surface area contributed by atoms with Crippen molar-refractivity contribution in [1.82, 2.24) is 5.32 Å². The molecule has 4 N–H and O–H groups in total. The number of amides is 1. The van der Waals surface area contributed by atoms with E-state index in [9.17, 15) is 18.0 Å². The number of halogens is 1. The van der Waals surface area contributed by atoms with E-state index < -0.39 is 22.1 Å². The first-order valence-electron chi connectivity index (χ1n) is 6.95. The molecule has 136 valence electrons. The first-order chi connectivity index (χ1) is 10.7. The Hall–Kier alpha value is -1.84. The minimum atomic E-state index is -3.60. The van der Waals surface area contributed by atoms with Crippen LogP contribution in [0, 0.1) is 0 Å². The molecule has 0 aromatic heterocycles. The number of nitrogens with two attached hydrogens (primary N) is 1. The number of carboxylic acid groups (broad SMARTS) is 1. The van der Waals surface area contributed by atoms with Crippen LogP contribution in [0.2, 0.25) is 0 Å². The van der Waals surface area contributed by atoms with E-state index in [1.807, 2.05) is 0 Å². The number of hydrogen-bond donors (Lipinski definition) is 3. The predicted molar refractivity (Wildman–Crippen MR) is 91.0 cm³/mol. The van der Waals surface area contributed by atoms with E-state index in [2.05, 4.69) is 9.50 Å². The van der Waals surface area contributed by atoms with Gasteiger partial charge in [0.25, 0.3) is 5.91 Å². The number of carbonyl (C=O) groups is 2. The average molecular weight is 381 g/mol. The zero-order valence-electron chi connectivity index (χ0n) is 13.1. The van der Waals surface area contributed by atoms with Gasteiger partial charge in [0.05, 0.1) is 6.26 Å². The van der Waals surface area contributed by atoms with Gasteiger partial charge >= 0.3 is 16.1 Å². The second kappa shape index (κ2) is 10.1. The lowest BCUT2D eigenvalue weighted by Crippen LogP contribution is -2.30. The molecule has 0 aliphatic rings. The van der Waals surface area contributed by atoms with Crippen molar-refractivity contribution in [3.63, 3.8) is 0 Å². The third-order valence-corrected chi connectivity index (χ3v) is 3.40. The number of rotatable bonds is 9. The number of unbranched alkanes of at least 4 members (excludes halogenated alkanes) is 1. The van der Waals surface area contributed by atoms with E-state index >= 15 is 0 Å². The highest BCUT2D eigenvalue weighted by Crippen LogP contribution is 2.13. The van der Waals surface area contributed by atoms with Crippen LogP contribution < -0.4 is 15.2 Å². The van der Waals surface area contributed by atoms with Crippen molar-refractivity contribution >= 4 is 34.4 Å². The lowest BCUT2D eigenvalue weighted by atomic mass is 10.1. The van der Waals surface area contributed by atoms with Crippen molar-refractivity contribution in [2.24, 2.45) is 5.73 Å². The Labute approximate surface area is 146 Å². The Morgan fingerprint density at radius 1 is 1.25 bits per heavy atom. The van der Waals surface area contributed by atoms with Crippen LogP contribution in [-0.4, -0.2) is 44.2 Å². The molecule has 0 saturated heterocycles. The molecule has 1 amide bonds. The van der Waals surface area contributed by atoms with Gasteiger partial charge in [-0.3, -0.25) is 9.59 Å². The van der Waals surface area contributed by atoms with E-state index in [0.717, 1.165) is 6.26 Å². The zero-order chi connectivity index (χ0) is 17.5. The molecule has 24 heavy (non-hydrogen) atoms. The predicted octanol–water partition coefficient (Wildman–Crippen LogP) is 0.759. The van der Waals surface area contributed by atoms with Gasteiger partial charge in [0.15, 0.2) is 0 Å². The quantitative estimate of drug-likeness (QED) is 0.425. The molecule has 0 unspecified atom stereocenters. The van der Waals surface area contributed by atoms with E-state index in [1.54, 1.807) is 0 Å². The molecule has 0 spiro atoms. The topological polar surface area (TPSA) is 136 Å². The maximum atomic E-state index is 11.9. The van der Waals surface area contributed by atoms with Crippen molar-refractivity contribution in [2.45, 2.75) is 25.3 Å². The zero-order valence-corrected chi connectivity index (χ0v) is 14.7. The molecule has 0 aliphatic carbocycles. The fraction of sp³-hybridized carbons (Fsp3) is 0.429. The van der Waals surface area contributed by atoms with Crippen molar-refractivity contribution in [1.29, 1.82) is 0 Å². The van der Waals surface area contributed by atoms with E-state index in [1.165, 1.54) is 24.3 Å². The number of aliphatic carboxylic acids is 1. The first-order valence-corrected chi connectivity index (χ1v) is 8.77. The summed E-state index contributed by atoms with van der Waals surface area (Å²) in [5.41, 5.74) is 5.73. The summed E-state index contributed by atoms with van der Waals surface area (Å²) in [5.74, 6) is -1.21. The smallest absolute Gasteiger partial charge is 0.320 e. The number of nitrogens with one attached hydrogen (secondary N) is 1. The van der Waals surface area contributed by atoms with Crippen LogP contribution >= 0.6 is 12.4 Å². The fourth-order valence-electron chi connectivity index (χ4n) is 1.75. The number of carbonyl (C=O) groups excluding carboxylic acids is 1. The molecular weight excluding hydrogens is 360 g/mol.